The summed E-state index contributed by atoms with van der Waals surface area (Å²) in [6.45, 7) is 14.6. The smallest absolute Gasteiger partial charge is 0.152 e. The number of rotatable bonds is 14. The van der Waals surface area contributed by atoms with E-state index in [4.69, 9.17) is 10.7 Å². The molecule has 4 nitrogen and oxygen atoms in total. The maximum Gasteiger partial charge on any atom is 0.152 e. The van der Waals surface area contributed by atoms with E-state index < -0.39 is 5.82 Å². The molecule has 1 atom stereocenters. The fraction of sp³-hybridized carbons (Fsp3) is 0.476. The number of aliphatic imine (C=N–C) groups is 1. The molecule has 0 aliphatic heterocycles. The molecular formula is C42H59F2N3O. The highest BCUT2D eigenvalue weighted by Crippen LogP contribution is 2.41. The lowest BCUT2D eigenvalue weighted by molar-refractivity contribution is -0.112. The van der Waals surface area contributed by atoms with Crippen LogP contribution >= 0.6 is 0 Å². The molecule has 0 radical (unpaired) electrons. The lowest BCUT2D eigenvalue weighted by Gasteiger charge is -2.39. The van der Waals surface area contributed by atoms with Crippen LogP contribution in [0.2, 0.25) is 0 Å². The summed E-state index contributed by atoms with van der Waals surface area (Å²) in [4.78, 5) is 14.9. The van der Waals surface area contributed by atoms with Gasteiger partial charge >= 0.3 is 0 Å². The van der Waals surface area contributed by atoms with Crippen molar-refractivity contribution in [1.82, 2.24) is 5.32 Å². The van der Waals surface area contributed by atoms with Crippen LogP contribution in [0, 0.1) is 17.6 Å². The number of halogens is 2. The summed E-state index contributed by atoms with van der Waals surface area (Å²) in [7, 11) is 0. The number of aryl methyl sites for hydroxylation is 1. The van der Waals surface area contributed by atoms with Gasteiger partial charge in [-0.15, -0.1) is 0 Å². The highest BCUT2D eigenvalue weighted by Gasteiger charge is 2.35. The van der Waals surface area contributed by atoms with Gasteiger partial charge in [-0.1, -0.05) is 96.0 Å². The van der Waals surface area contributed by atoms with Crippen molar-refractivity contribution in [3.63, 3.8) is 0 Å². The number of allylic oxidation sites excluding steroid dienone is 6. The van der Waals surface area contributed by atoms with Crippen molar-refractivity contribution in [2.24, 2.45) is 16.6 Å². The number of nitrogens with two attached hydrogens (primary N) is 1. The molecule has 0 bridgehead atoms. The zero-order valence-corrected chi connectivity index (χ0v) is 30.4. The first-order valence-electron chi connectivity index (χ1n) is 18.0. The van der Waals surface area contributed by atoms with Gasteiger partial charge in [0.15, 0.2) is 5.78 Å². The summed E-state index contributed by atoms with van der Waals surface area (Å²) in [6, 6.07) is 11.9. The van der Waals surface area contributed by atoms with E-state index in [2.05, 4.69) is 43.4 Å². The van der Waals surface area contributed by atoms with Gasteiger partial charge in [-0.2, -0.15) is 0 Å². The van der Waals surface area contributed by atoms with Crippen molar-refractivity contribution in [1.29, 1.82) is 0 Å². The van der Waals surface area contributed by atoms with E-state index in [1.54, 1.807) is 18.3 Å². The number of ketones is 1. The van der Waals surface area contributed by atoms with Gasteiger partial charge in [0.2, 0.25) is 0 Å². The zero-order chi connectivity index (χ0) is 35.5. The maximum atomic E-state index is 15.0. The van der Waals surface area contributed by atoms with E-state index >= 15 is 4.39 Å². The molecular weight excluding hydrogens is 600 g/mol. The molecule has 48 heavy (non-hydrogen) atoms. The first kappa shape index (κ1) is 40.4. The number of hydrogen-bond acceptors (Lipinski definition) is 4. The Morgan fingerprint density at radius 1 is 1.04 bits per heavy atom. The molecule has 2 saturated carbocycles. The maximum absolute atomic E-state index is 15.0. The van der Waals surface area contributed by atoms with E-state index in [0.29, 0.717) is 37.3 Å². The van der Waals surface area contributed by atoms with Crippen LogP contribution in [0.4, 0.5) is 8.78 Å². The minimum absolute atomic E-state index is 0.0862. The lowest BCUT2D eigenvalue weighted by Crippen LogP contribution is -2.41. The van der Waals surface area contributed by atoms with E-state index in [1.807, 2.05) is 46.1 Å². The molecule has 3 N–H and O–H groups in total. The first-order chi connectivity index (χ1) is 23.2. The van der Waals surface area contributed by atoms with Crippen LogP contribution in [0.5, 0.6) is 0 Å². The molecule has 2 aliphatic carbocycles. The second-order valence-corrected chi connectivity index (χ2v) is 12.6. The normalized spacial score (nSPS) is 18.0. The molecule has 0 amide bonds. The van der Waals surface area contributed by atoms with Crippen molar-refractivity contribution in [2.45, 2.75) is 125 Å². The lowest BCUT2D eigenvalue weighted by atomic mass is 9.74. The molecule has 0 heterocycles. The Bertz CT molecular complexity index is 1420. The Morgan fingerprint density at radius 3 is 2.25 bits per heavy atom. The second kappa shape index (κ2) is 22.0. The summed E-state index contributed by atoms with van der Waals surface area (Å²) in [6.07, 6.45) is 18.9. The number of carbonyl (C=O) groups is 1. The summed E-state index contributed by atoms with van der Waals surface area (Å²) in [5.41, 5.74) is 12.8. The van der Waals surface area contributed by atoms with Crippen LogP contribution in [0.15, 0.2) is 88.7 Å². The molecule has 0 aromatic heterocycles. The molecule has 2 aliphatic rings. The predicted molar refractivity (Wildman–Crippen MR) is 200 cm³/mol. The van der Waals surface area contributed by atoms with E-state index in [9.17, 15) is 9.18 Å². The number of nitrogens with one attached hydrogen (secondary N) is 1. The van der Waals surface area contributed by atoms with Crippen molar-refractivity contribution < 1.29 is 13.6 Å². The highest BCUT2D eigenvalue weighted by molar-refractivity contribution is 5.87. The molecule has 2 aromatic rings. The standard InChI is InChI=1S/C33H43F2N3.C7H10O.C2H6/c1-4-7-25-14-15-30(34)31(32(25)35)27-17-29(18-27)38-33(26-8-6-9-26)28(19-36)21-37-20-24-12-10-23(11-13-24)16-22(3)5-2;1-3-4-5-6-7(2)8;1-2/h10-15,19,21-22,27,29,38H,4-9,16-18,20,36H2,1-3H3;3-6H,1-2H3;1-2H3/b28-19+,37-21?;4-3-,6-5-;. The highest BCUT2D eigenvalue weighted by atomic mass is 19.1. The van der Waals surface area contributed by atoms with Gasteiger partial charge in [0.05, 0.1) is 6.54 Å². The third-order valence-electron chi connectivity index (χ3n) is 8.84. The van der Waals surface area contributed by atoms with Crippen molar-refractivity contribution >= 4 is 12.0 Å². The van der Waals surface area contributed by atoms with Gasteiger partial charge in [0, 0.05) is 35.3 Å². The minimum Gasteiger partial charge on any atom is -0.404 e. The van der Waals surface area contributed by atoms with Crippen LogP contribution < -0.4 is 11.1 Å². The summed E-state index contributed by atoms with van der Waals surface area (Å²) < 4.78 is 29.6. The van der Waals surface area contributed by atoms with E-state index in [1.165, 1.54) is 48.6 Å². The van der Waals surface area contributed by atoms with Crippen LogP contribution in [0.1, 0.15) is 122 Å². The van der Waals surface area contributed by atoms with Gasteiger partial charge in [-0.05, 0) is 105 Å². The van der Waals surface area contributed by atoms with Crippen LogP contribution in [-0.2, 0) is 24.2 Å². The Morgan fingerprint density at radius 2 is 1.71 bits per heavy atom. The fourth-order valence-electron chi connectivity index (χ4n) is 5.69. The van der Waals surface area contributed by atoms with Crippen molar-refractivity contribution in [3.05, 3.63) is 118 Å². The molecule has 0 spiro atoms. The molecule has 2 aromatic carbocycles. The number of carbonyl (C=O) groups excluding carboxylic acids is 1. The van der Waals surface area contributed by atoms with Gasteiger partial charge < -0.3 is 11.1 Å². The summed E-state index contributed by atoms with van der Waals surface area (Å²) in [5, 5.41) is 3.66. The van der Waals surface area contributed by atoms with Gasteiger partial charge in [-0.25, -0.2) is 8.78 Å². The summed E-state index contributed by atoms with van der Waals surface area (Å²) in [5.74, 6) is -0.0967. The molecule has 2 fully saturated rings. The largest absolute Gasteiger partial charge is 0.404 e. The Kier molecular flexibility index (Phi) is 18.5. The molecule has 0 saturated heterocycles. The topological polar surface area (TPSA) is 67.5 Å². The van der Waals surface area contributed by atoms with Gasteiger partial charge in [-0.3, -0.25) is 9.79 Å². The van der Waals surface area contributed by atoms with Gasteiger partial charge in [0.25, 0.3) is 0 Å². The van der Waals surface area contributed by atoms with E-state index in [0.717, 1.165) is 37.0 Å². The third-order valence-corrected chi connectivity index (χ3v) is 8.84. The predicted octanol–water partition coefficient (Wildman–Crippen LogP) is 10.6. The average molecular weight is 660 g/mol. The van der Waals surface area contributed by atoms with Crippen molar-refractivity contribution in [3.8, 4) is 0 Å². The number of hydrogen-bond donors (Lipinski definition) is 2. The monoisotopic (exact) mass is 659 g/mol. The SMILES string of the molecule is C/C=C\C=C/C(C)=O.CC.CCCc1ccc(F)c(C2CC(NC(=C3CCC3)/C(C=NCc3ccc(CC(C)CC)cc3)=C/N)C2)c1F. The molecule has 1 unspecified atom stereocenters. The summed E-state index contributed by atoms with van der Waals surface area (Å²) >= 11 is 0. The molecule has 4 rings (SSSR count). The van der Waals surface area contributed by atoms with Crippen LogP contribution in [0.25, 0.3) is 0 Å². The fourth-order valence-corrected chi connectivity index (χ4v) is 5.69. The Balaban J connectivity index is 0.000000702. The minimum atomic E-state index is -0.425. The Hall–Kier alpha value is -3.80. The quantitative estimate of drug-likeness (QED) is 0.120. The Labute approximate surface area is 289 Å². The van der Waals surface area contributed by atoms with Crippen LogP contribution in [0.3, 0.4) is 0 Å². The zero-order valence-electron chi connectivity index (χ0n) is 30.4. The van der Waals surface area contributed by atoms with Crippen LogP contribution in [-0.4, -0.2) is 18.0 Å². The van der Waals surface area contributed by atoms with Crippen molar-refractivity contribution in [2.75, 3.05) is 0 Å². The molecule has 262 valence electrons. The van der Waals surface area contributed by atoms with Gasteiger partial charge in [0.1, 0.15) is 11.6 Å². The third kappa shape index (κ3) is 12.7. The van der Waals surface area contributed by atoms with E-state index in [-0.39, 0.29) is 29.1 Å². The first-order valence-corrected chi connectivity index (χ1v) is 18.0. The average Bonchev–Trinajstić information content (AvgIpc) is 3.04. The number of benzene rings is 2. The molecule has 6 heteroatoms. The second-order valence-electron chi connectivity index (χ2n) is 12.6. The number of nitrogens with zero attached hydrogens (tertiary/aromatic N) is 1.